The summed E-state index contributed by atoms with van der Waals surface area (Å²) in [5, 5.41) is 19.5. The largest absolute Gasteiger partial charge is 0.488 e. The van der Waals surface area contributed by atoms with Crippen molar-refractivity contribution in [2.75, 3.05) is 24.7 Å². The Morgan fingerprint density at radius 3 is 2.56 bits per heavy atom. The van der Waals surface area contributed by atoms with Gasteiger partial charge in [0.1, 0.15) is 12.7 Å². The molecule has 0 saturated carbocycles. The summed E-state index contributed by atoms with van der Waals surface area (Å²) >= 11 is 13.9. The molecular formula is C23H24Cl2N2O4S. The van der Waals surface area contributed by atoms with E-state index < -0.39 is 12.7 Å². The van der Waals surface area contributed by atoms with Gasteiger partial charge in [-0.05, 0) is 60.5 Å². The van der Waals surface area contributed by atoms with Gasteiger partial charge in [0.15, 0.2) is 10.9 Å². The van der Waals surface area contributed by atoms with Crippen LogP contribution < -0.4 is 9.64 Å². The Morgan fingerprint density at radius 1 is 1.25 bits per heavy atom. The highest BCUT2D eigenvalue weighted by molar-refractivity contribution is 8.19. The molecule has 0 unspecified atom stereocenters. The second kappa shape index (κ2) is 11.2. The Hall–Kier alpha value is -2.03. The molecule has 0 aliphatic carbocycles. The smallest absolute Gasteiger partial charge is 0.271 e. The van der Waals surface area contributed by atoms with E-state index >= 15 is 0 Å². The molecule has 1 amide bonds. The van der Waals surface area contributed by atoms with E-state index in [1.165, 1.54) is 11.8 Å². The number of aliphatic imine (C=N–C) groups is 1. The minimum atomic E-state index is -1.04. The first-order chi connectivity index (χ1) is 15.3. The summed E-state index contributed by atoms with van der Waals surface area (Å²) in [4.78, 5) is 20.0. The molecule has 0 aromatic heterocycles. The molecule has 32 heavy (non-hydrogen) atoms. The van der Waals surface area contributed by atoms with Crippen LogP contribution in [0, 0.1) is 6.92 Å². The summed E-state index contributed by atoms with van der Waals surface area (Å²) < 4.78 is 5.42. The normalized spacial score (nSPS) is 17.4. The number of hydrogen-bond donors (Lipinski definition) is 2. The summed E-state index contributed by atoms with van der Waals surface area (Å²) in [6.07, 6.45) is 1.55. The van der Waals surface area contributed by atoms with E-state index in [0.29, 0.717) is 22.2 Å². The zero-order chi connectivity index (χ0) is 23.3. The molecule has 2 aromatic rings. The number of aliphatic hydroxyl groups excluding tert-OH is 2. The molecule has 9 heteroatoms. The molecule has 2 N–H and O–H groups in total. The van der Waals surface area contributed by atoms with Crippen LogP contribution in [0.4, 0.5) is 5.69 Å². The van der Waals surface area contributed by atoms with Crippen LogP contribution in [0.5, 0.6) is 5.75 Å². The number of aryl methyl sites for hydroxylation is 1. The van der Waals surface area contributed by atoms with Gasteiger partial charge in [0.2, 0.25) is 0 Å². The van der Waals surface area contributed by atoms with Crippen LogP contribution >= 0.6 is 35.0 Å². The third-order valence-electron chi connectivity index (χ3n) is 4.58. The molecular weight excluding hydrogens is 471 g/mol. The van der Waals surface area contributed by atoms with Crippen molar-refractivity contribution in [3.8, 4) is 5.75 Å². The minimum absolute atomic E-state index is 0.145. The summed E-state index contributed by atoms with van der Waals surface area (Å²) in [6.45, 7) is 4.03. The van der Waals surface area contributed by atoms with Crippen molar-refractivity contribution in [3.05, 3.63) is 62.5 Å². The highest BCUT2D eigenvalue weighted by Gasteiger charge is 2.35. The van der Waals surface area contributed by atoms with Crippen LogP contribution in [0.15, 0.2) is 46.3 Å². The fourth-order valence-electron chi connectivity index (χ4n) is 3.00. The van der Waals surface area contributed by atoms with Crippen LogP contribution in [0.2, 0.25) is 10.0 Å². The monoisotopic (exact) mass is 494 g/mol. The van der Waals surface area contributed by atoms with Crippen molar-refractivity contribution >= 4 is 57.8 Å². The molecule has 1 aliphatic rings. The Bertz CT molecular complexity index is 1040. The molecule has 2 aromatic carbocycles. The molecule has 1 heterocycles. The van der Waals surface area contributed by atoms with Gasteiger partial charge >= 0.3 is 0 Å². The van der Waals surface area contributed by atoms with E-state index in [0.717, 1.165) is 17.7 Å². The zero-order valence-electron chi connectivity index (χ0n) is 17.7. The molecule has 0 spiro atoms. The third-order valence-corrected chi connectivity index (χ3v) is 6.15. The number of carbonyl (C=O) groups is 1. The number of benzene rings is 2. The molecule has 1 atom stereocenters. The van der Waals surface area contributed by atoms with Crippen molar-refractivity contribution in [2.24, 2.45) is 4.99 Å². The van der Waals surface area contributed by atoms with Crippen LogP contribution in [0.25, 0.3) is 6.08 Å². The van der Waals surface area contributed by atoms with E-state index in [-0.39, 0.29) is 28.3 Å². The quantitative estimate of drug-likeness (QED) is 0.508. The van der Waals surface area contributed by atoms with E-state index in [1.807, 2.05) is 38.1 Å². The molecule has 6 nitrogen and oxygen atoms in total. The number of thioether (sulfide) groups is 1. The van der Waals surface area contributed by atoms with Gasteiger partial charge in [0.25, 0.3) is 5.91 Å². The predicted octanol–water partition coefficient (Wildman–Crippen LogP) is 4.92. The maximum atomic E-state index is 13.3. The van der Waals surface area contributed by atoms with E-state index in [2.05, 4.69) is 4.99 Å². The fraction of sp³-hybridized carbons (Fsp3) is 0.304. The average molecular weight is 495 g/mol. The SMILES string of the molecule is CCC/N=C1\S/C(=C\c2cc(Cl)c(OC[C@H](O)CO)c(Cl)c2)C(=O)N1c1ccccc1C. The summed E-state index contributed by atoms with van der Waals surface area (Å²) in [5.74, 6) is 0.0397. The Morgan fingerprint density at radius 2 is 1.94 bits per heavy atom. The van der Waals surface area contributed by atoms with E-state index in [9.17, 15) is 9.90 Å². The lowest BCUT2D eigenvalue weighted by atomic mass is 10.1. The Labute approximate surface area is 201 Å². The predicted molar refractivity (Wildman–Crippen MR) is 132 cm³/mol. The van der Waals surface area contributed by atoms with E-state index in [4.69, 9.17) is 33.0 Å². The molecule has 170 valence electrons. The standard InChI is InChI=1S/C23H24Cl2N2O4S/c1-3-8-26-23-27(19-7-5-4-6-14(19)2)22(30)20(32-23)11-15-9-17(24)21(18(25)10-15)31-13-16(29)12-28/h4-7,9-11,16,28-29H,3,8,12-13H2,1-2H3/b20-11-,26-23-/t16-/m1/s1. The number of amidine groups is 1. The molecule has 3 rings (SSSR count). The number of anilines is 1. The number of aliphatic hydroxyl groups is 2. The number of ether oxygens (including phenoxy) is 1. The van der Waals surface area contributed by atoms with Gasteiger partial charge in [-0.25, -0.2) is 0 Å². The average Bonchev–Trinajstić information content (AvgIpc) is 3.06. The number of amides is 1. The van der Waals surface area contributed by atoms with E-state index in [1.54, 1.807) is 23.1 Å². The molecule has 1 saturated heterocycles. The highest BCUT2D eigenvalue weighted by atomic mass is 35.5. The number of para-hydroxylation sites is 1. The highest BCUT2D eigenvalue weighted by Crippen LogP contribution is 2.39. The Kier molecular flexibility index (Phi) is 8.62. The molecule has 1 aliphatic heterocycles. The second-order valence-corrected chi connectivity index (χ2v) is 8.99. The van der Waals surface area contributed by atoms with Crippen molar-refractivity contribution in [1.29, 1.82) is 0 Å². The number of halogens is 2. The fourth-order valence-corrected chi connectivity index (χ4v) is 4.61. The van der Waals surface area contributed by atoms with Gasteiger partial charge in [0, 0.05) is 6.54 Å². The van der Waals surface area contributed by atoms with Crippen molar-refractivity contribution < 1.29 is 19.7 Å². The van der Waals surface area contributed by atoms with Crippen molar-refractivity contribution in [3.63, 3.8) is 0 Å². The number of rotatable bonds is 8. The summed E-state index contributed by atoms with van der Waals surface area (Å²) in [6, 6.07) is 10.9. The van der Waals surface area contributed by atoms with Gasteiger partial charge in [-0.2, -0.15) is 0 Å². The van der Waals surface area contributed by atoms with Crippen molar-refractivity contribution in [2.45, 2.75) is 26.4 Å². The molecule has 0 bridgehead atoms. The van der Waals surface area contributed by atoms with Gasteiger partial charge in [-0.15, -0.1) is 0 Å². The number of carbonyl (C=O) groups excluding carboxylic acids is 1. The molecule has 1 fully saturated rings. The van der Waals surface area contributed by atoms with Gasteiger partial charge in [0.05, 0.1) is 27.2 Å². The minimum Gasteiger partial charge on any atom is -0.488 e. The van der Waals surface area contributed by atoms with Gasteiger partial charge in [-0.1, -0.05) is 48.3 Å². The first-order valence-corrected chi connectivity index (χ1v) is 11.7. The molecule has 0 radical (unpaired) electrons. The van der Waals surface area contributed by atoms with Gasteiger partial charge in [-0.3, -0.25) is 14.7 Å². The van der Waals surface area contributed by atoms with Crippen LogP contribution in [-0.4, -0.2) is 47.2 Å². The van der Waals surface area contributed by atoms with Crippen LogP contribution in [0.3, 0.4) is 0 Å². The van der Waals surface area contributed by atoms with Crippen LogP contribution in [0.1, 0.15) is 24.5 Å². The lowest BCUT2D eigenvalue weighted by molar-refractivity contribution is -0.113. The summed E-state index contributed by atoms with van der Waals surface area (Å²) in [5.41, 5.74) is 2.41. The maximum Gasteiger partial charge on any atom is 0.271 e. The first-order valence-electron chi connectivity index (χ1n) is 10.1. The van der Waals surface area contributed by atoms with Gasteiger partial charge < -0.3 is 14.9 Å². The lowest BCUT2D eigenvalue weighted by Crippen LogP contribution is -2.29. The van der Waals surface area contributed by atoms with Crippen molar-refractivity contribution in [1.82, 2.24) is 0 Å². The third kappa shape index (κ3) is 5.66. The zero-order valence-corrected chi connectivity index (χ0v) is 20.0. The van der Waals surface area contributed by atoms with Crippen LogP contribution in [-0.2, 0) is 4.79 Å². The lowest BCUT2D eigenvalue weighted by Gasteiger charge is -2.18. The first kappa shape index (κ1) is 24.6. The topological polar surface area (TPSA) is 82.4 Å². The maximum absolute atomic E-state index is 13.3. The Balaban J connectivity index is 1.93. The number of nitrogens with zero attached hydrogens (tertiary/aromatic N) is 2. The number of hydrogen-bond acceptors (Lipinski definition) is 6. The summed E-state index contributed by atoms with van der Waals surface area (Å²) in [7, 11) is 0. The second-order valence-electron chi connectivity index (χ2n) is 7.16.